The molecule has 0 N–H and O–H groups in total. The molecule has 0 aliphatic carbocycles. The summed E-state index contributed by atoms with van der Waals surface area (Å²) in [6.45, 7) is 0. The number of halogens is 1. The molecular weight excluding hydrogens is 226 g/mol. The number of aromatic nitrogens is 1. The van der Waals surface area contributed by atoms with E-state index in [1.54, 1.807) is 12.3 Å². The minimum atomic E-state index is 0.484. The molecule has 1 aromatic carbocycles. The Morgan fingerprint density at radius 3 is 2.69 bits per heavy atom. The van der Waals surface area contributed by atoms with Gasteiger partial charge in [-0.25, -0.2) is 0 Å². The van der Waals surface area contributed by atoms with Gasteiger partial charge in [-0.2, -0.15) is 0 Å². The molecule has 64 valence electrons. The first kappa shape index (κ1) is 7.27. The Morgan fingerprint density at radius 2 is 2.00 bits per heavy atom. The molecule has 0 saturated heterocycles. The molecule has 0 unspecified atom stereocenters. The van der Waals surface area contributed by atoms with Crippen LogP contribution < -0.4 is 0 Å². The van der Waals surface area contributed by atoms with Gasteiger partial charge in [-0.1, -0.05) is 40.2 Å². The molecular formula is C11H8BrN. The Balaban J connectivity index is 2.63. The molecule has 0 radical (unpaired) electrons. The predicted molar refractivity (Wildman–Crippen MR) is 57.4 cm³/mol. The standard InChI is InChI=1S/C11H8BrN/c12-10-6-2-1-5-9(10)11-7-3-4-8-13-11/h1-8H/i5D. The third kappa shape index (κ3) is 1.78. The lowest BCUT2D eigenvalue weighted by Gasteiger charge is -2.01. The monoisotopic (exact) mass is 234 g/mol. The van der Waals surface area contributed by atoms with Crippen LogP contribution in [0, 0.1) is 0 Å². The van der Waals surface area contributed by atoms with Crippen LogP contribution in [0.2, 0.25) is 0 Å². The third-order valence-corrected chi connectivity index (χ3v) is 2.39. The fourth-order valence-electron chi connectivity index (χ4n) is 1.12. The summed E-state index contributed by atoms with van der Waals surface area (Å²) >= 11 is 3.42. The molecule has 2 aromatic rings. The van der Waals surface area contributed by atoms with Gasteiger partial charge in [0.25, 0.3) is 0 Å². The maximum Gasteiger partial charge on any atom is 0.0713 e. The summed E-state index contributed by atoms with van der Waals surface area (Å²) in [6.07, 6.45) is 1.73. The molecule has 2 rings (SSSR count). The molecule has 0 fully saturated rings. The summed E-state index contributed by atoms with van der Waals surface area (Å²) in [7, 11) is 0. The minimum absolute atomic E-state index is 0.484. The van der Waals surface area contributed by atoms with E-state index in [9.17, 15) is 0 Å². The van der Waals surface area contributed by atoms with E-state index in [4.69, 9.17) is 1.37 Å². The molecule has 2 heteroatoms. The molecule has 0 aliphatic rings. The van der Waals surface area contributed by atoms with Gasteiger partial charge in [-0.05, 0) is 18.2 Å². The van der Waals surface area contributed by atoms with Gasteiger partial charge >= 0.3 is 0 Å². The number of hydrogen-bond donors (Lipinski definition) is 0. The van der Waals surface area contributed by atoms with E-state index in [-0.39, 0.29) is 0 Å². The van der Waals surface area contributed by atoms with Crippen molar-refractivity contribution in [1.82, 2.24) is 4.98 Å². The quantitative estimate of drug-likeness (QED) is 0.736. The molecule has 0 amide bonds. The Hall–Kier alpha value is -1.15. The normalized spacial score (nSPS) is 11.0. The highest BCUT2D eigenvalue weighted by Gasteiger charge is 2.00. The average molecular weight is 235 g/mol. The molecule has 1 heterocycles. The molecule has 0 atom stereocenters. The van der Waals surface area contributed by atoms with Gasteiger partial charge < -0.3 is 0 Å². The highest BCUT2D eigenvalue weighted by Crippen LogP contribution is 2.25. The topological polar surface area (TPSA) is 12.9 Å². The number of rotatable bonds is 1. The molecule has 0 saturated carbocycles. The Kier molecular flexibility index (Phi) is 2.07. The zero-order valence-electron chi connectivity index (χ0n) is 7.87. The second-order valence-corrected chi connectivity index (χ2v) is 3.46. The van der Waals surface area contributed by atoms with Crippen molar-refractivity contribution in [2.24, 2.45) is 0 Å². The van der Waals surface area contributed by atoms with Crippen molar-refractivity contribution in [2.45, 2.75) is 0 Å². The first-order valence-electron chi connectivity index (χ1n) is 4.45. The van der Waals surface area contributed by atoms with Crippen LogP contribution in [0.5, 0.6) is 0 Å². The van der Waals surface area contributed by atoms with Gasteiger partial charge in [-0.3, -0.25) is 4.98 Å². The summed E-state index contributed by atoms with van der Waals surface area (Å²) in [6, 6.07) is 11.7. The Labute approximate surface area is 87.0 Å². The van der Waals surface area contributed by atoms with Gasteiger partial charge in [0.2, 0.25) is 0 Å². The molecule has 0 spiro atoms. The summed E-state index contributed by atoms with van der Waals surface area (Å²) in [4.78, 5) is 4.22. The van der Waals surface area contributed by atoms with Crippen molar-refractivity contribution >= 4 is 15.9 Å². The van der Waals surface area contributed by atoms with E-state index in [1.807, 2.05) is 30.3 Å². The van der Waals surface area contributed by atoms with Crippen LogP contribution in [0.1, 0.15) is 1.37 Å². The van der Waals surface area contributed by atoms with Crippen LogP contribution in [-0.4, -0.2) is 4.98 Å². The van der Waals surface area contributed by atoms with E-state index in [2.05, 4.69) is 20.9 Å². The maximum absolute atomic E-state index is 7.78. The smallest absolute Gasteiger partial charge is 0.0713 e. The van der Waals surface area contributed by atoms with E-state index < -0.39 is 0 Å². The van der Waals surface area contributed by atoms with Crippen LogP contribution in [0.4, 0.5) is 0 Å². The lowest BCUT2D eigenvalue weighted by atomic mass is 10.1. The van der Waals surface area contributed by atoms with Gasteiger partial charge in [0.05, 0.1) is 7.06 Å². The van der Waals surface area contributed by atoms with Crippen molar-refractivity contribution in [3.05, 3.63) is 53.1 Å². The fraction of sp³-hybridized carbons (Fsp3) is 0. The van der Waals surface area contributed by atoms with E-state index in [0.717, 1.165) is 15.7 Å². The van der Waals surface area contributed by atoms with Crippen LogP contribution >= 0.6 is 15.9 Å². The number of pyridine rings is 1. The van der Waals surface area contributed by atoms with Gasteiger partial charge in [-0.15, -0.1) is 0 Å². The van der Waals surface area contributed by atoms with Crippen molar-refractivity contribution in [3.8, 4) is 11.3 Å². The third-order valence-electron chi connectivity index (χ3n) is 1.73. The van der Waals surface area contributed by atoms with Crippen molar-refractivity contribution in [3.63, 3.8) is 0 Å². The molecule has 0 aliphatic heterocycles. The zero-order valence-corrected chi connectivity index (χ0v) is 8.45. The minimum Gasteiger partial charge on any atom is -0.256 e. The number of benzene rings is 1. The van der Waals surface area contributed by atoms with Crippen molar-refractivity contribution in [2.75, 3.05) is 0 Å². The molecule has 1 nitrogen and oxygen atoms in total. The second-order valence-electron chi connectivity index (χ2n) is 2.61. The summed E-state index contributed by atoms with van der Waals surface area (Å²) in [5.74, 6) is 0. The van der Waals surface area contributed by atoms with E-state index in [0.29, 0.717) is 6.04 Å². The van der Waals surface area contributed by atoms with Crippen LogP contribution in [0.3, 0.4) is 0 Å². The van der Waals surface area contributed by atoms with Gasteiger partial charge in [0.15, 0.2) is 0 Å². The largest absolute Gasteiger partial charge is 0.256 e. The Morgan fingerprint density at radius 1 is 1.15 bits per heavy atom. The summed E-state index contributed by atoms with van der Waals surface area (Å²) < 4.78 is 8.69. The fourth-order valence-corrected chi connectivity index (χ4v) is 1.59. The van der Waals surface area contributed by atoms with Crippen LogP contribution in [0.25, 0.3) is 11.3 Å². The maximum atomic E-state index is 7.78. The van der Waals surface area contributed by atoms with E-state index >= 15 is 0 Å². The Bertz CT molecular complexity index is 422. The van der Waals surface area contributed by atoms with Gasteiger partial charge in [0, 0.05) is 16.2 Å². The number of hydrogen-bond acceptors (Lipinski definition) is 1. The summed E-state index contributed by atoms with van der Waals surface area (Å²) in [5.41, 5.74) is 1.66. The molecule has 0 bridgehead atoms. The van der Waals surface area contributed by atoms with Gasteiger partial charge in [0.1, 0.15) is 0 Å². The highest BCUT2D eigenvalue weighted by atomic mass is 79.9. The lowest BCUT2D eigenvalue weighted by molar-refractivity contribution is 1.32. The van der Waals surface area contributed by atoms with Crippen molar-refractivity contribution in [1.29, 1.82) is 0 Å². The van der Waals surface area contributed by atoms with Crippen molar-refractivity contribution < 1.29 is 1.37 Å². The first-order chi connectivity index (χ1) is 6.79. The molecule has 1 aromatic heterocycles. The van der Waals surface area contributed by atoms with Crippen LogP contribution in [-0.2, 0) is 0 Å². The molecule has 13 heavy (non-hydrogen) atoms. The highest BCUT2D eigenvalue weighted by molar-refractivity contribution is 9.10. The summed E-state index contributed by atoms with van der Waals surface area (Å²) in [5, 5.41) is 0. The average Bonchev–Trinajstić information content (AvgIpc) is 2.19. The second kappa shape index (κ2) is 3.71. The lowest BCUT2D eigenvalue weighted by Crippen LogP contribution is -1.82. The van der Waals surface area contributed by atoms with Crippen LogP contribution in [0.15, 0.2) is 53.1 Å². The SMILES string of the molecule is [2H]c1cccc(Br)c1-c1ccccn1. The predicted octanol–water partition coefficient (Wildman–Crippen LogP) is 3.51. The zero-order chi connectivity index (χ0) is 9.97. The first-order valence-corrected chi connectivity index (χ1v) is 4.75. The van der Waals surface area contributed by atoms with E-state index in [1.165, 1.54) is 0 Å². The number of nitrogens with zero attached hydrogens (tertiary/aromatic N) is 1.